The Labute approximate surface area is 91.0 Å². The first-order chi connectivity index (χ1) is 7.59. The summed E-state index contributed by atoms with van der Waals surface area (Å²) in [5.41, 5.74) is 0. The zero-order chi connectivity index (χ0) is 11.7. The second-order valence-corrected chi connectivity index (χ2v) is 3.63. The van der Waals surface area contributed by atoms with Gasteiger partial charge in [0.2, 0.25) is 5.89 Å². The van der Waals surface area contributed by atoms with Crippen molar-refractivity contribution in [1.82, 2.24) is 15.0 Å². The maximum Gasteiger partial charge on any atom is 0.326 e. The lowest BCUT2D eigenvalue weighted by Crippen LogP contribution is -2.40. The zero-order valence-electron chi connectivity index (χ0n) is 8.71. The Morgan fingerprint density at radius 3 is 2.88 bits per heavy atom. The fourth-order valence-corrected chi connectivity index (χ4v) is 1.78. The third-order valence-electron chi connectivity index (χ3n) is 2.52. The van der Waals surface area contributed by atoms with E-state index in [9.17, 15) is 9.59 Å². The topological polar surface area (TPSA) is 96.5 Å². The van der Waals surface area contributed by atoms with Crippen LogP contribution in [0.25, 0.3) is 0 Å². The summed E-state index contributed by atoms with van der Waals surface area (Å²) in [6.07, 6.45) is 1.15. The van der Waals surface area contributed by atoms with Crippen molar-refractivity contribution in [2.75, 3.05) is 6.54 Å². The summed E-state index contributed by atoms with van der Waals surface area (Å²) in [6, 6.07) is -0.772. The molecule has 0 spiro atoms. The van der Waals surface area contributed by atoms with Gasteiger partial charge in [0.25, 0.3) is 11.7 Å². The molecule has 1 fully saturated rings. The molecule has 0 radical (unpaired) electrons. The van der Waals surface area contributed by atoms with E-state index < -0.39 is 17.9 Å². The molecule has 7 heteroatoms. The molecule has 1 aliphatic rings. The molecule has 1 aromatic rings. The lowest BCUT2D eigenvalue weighted by atomic mass is 10.2. The summed E-state index contributed by atoms with van der Waals surface area (Å²) >= 11 is 0. The molecule has 0 aromatic carbocycles. The minimum absolute atomic E-state index is 0.0781. The third-order valence-corrected chi connectivity index (χ3v) is 2.52. The highest BCUT2D eigenvalue weighted by Gasteiger charge is 2.36. The number of carbonyl (C=O) groups excluding carboxylic acids is 1. The molecule has 0 bridgehead atoms. The van der Waals surface area contributed by atoms with Crippen molar-refractivity contribution in [3.05, 3.63) is 11.7 Å². The van der Waals surface area contributed by atoms with Crippen LogP contribution in [0.4, 0.5) is 0 Å². The average molecular weight is 225 g/mol. The Morgan fingerprint density at radius 2 is 2.31 bits per heavy atom. The number of aliphatic carboxylic acids is 1. The number of hydrogen-bond acceptors (Lipinski definition) is 5. The molecule has 1 saturated heterocycles. The van der Waals surface area contributed by atoms with Crippen molar-refractivity contribution in [2.45, 2.75) is 25.8 Å². The summed E-state index contributed by atoms with van der Waals surface area (Å²) in [6.45, 7) is 1.99. The van der Waals surface area contributed by atoms with Gasteiger partial charge >= 0.3 is 5.97 Å². The molecule has 2 rings (SSSR count). The van der Waals surface area contributed by atoms with E-state index in [2.05, 4.69) is 14.7 Å². The summed E-state index contributed by atoms with van der Waals surface area (Å²) in [4.78, 5) is 27.8. The van der Waals surface area contributed by atoms with Gasteiger partial charge in [-0.25, -0.2) is 4.79 Å². The van der Waals surface area contributed by atoms with E-state index in [1.54, 1.807) is 6.92 Å². The maximum atomic E-state index is 11.9. The highest BCUT2D eigenvalue weighted by Crippen LogP contribution is 2.19. The predicted octanol–water partition coefficient (Wildman–Crippen LogP) is 0.0672. The molecule has 1 N–H and O–H groups in total. The number of aryl methyl sites for hydroxylation is 1. The molecular weight excluding hydrogens is 214 g/mol. The molecular formula is C9H11N3O4. The maximum absolute atomic E-state index is 11.9. The SMILES string of the molecule is Cc1nc(C(=O)N2CCC[C@@H]2C(=O)O)no1. The van der Waals surface area contributed by atoms with Gasteiger partial charge in [0, 0.05) is 13.5 Å². The predicted molar refractivity (Wildman–Crippen MR) is 50.7 cm³/mol. The van der Waals surface area contributed by atoms with Crippen molar-refractivity contribution in [1.29, 1.82) is 0 Å². The molecule has 0 saturated carbocycles. The average Bonchev–Trinajstić information content (AvgIpc) is 2.84. The van der Waals surface area contributed by atoms with Gasteiger partial charge in [-0.2, -0.15) is 4.98 Å². The van der Waals surface area contributed by atoms with Crippen molar-refractivity contribution in [3.63, 3.8) is 0 Å². The Kier molecular flexibility index (Phi) is 2.59. The highest BCUT2D eigenvalue weighted by molar-refractivity contribution is 5.93. The van der Waals surface area contributed by atoms with Crippen LogP contribution < -0.4 is 0 Å². The molecule has 16 heavy (non-hydrogen) atoms. The van der Waals surface area contributed by atoms with Crippen LogP contribution in [0.1, 0.15) is 29.4 Å². The molecule has 7 nitrogen and oxygen atoms in total. The van der Waals surface area contributed by atoms with E-state index in [0.717, 1.165) is 0 Å². The molecule has 1 amide bonds. The lowest BCUT2D eigenvalue weighted by Gasteiger charge is -2.19. The van der Waals surface area contributed by atoms with Crippen LogP contribution in [0.2, 0.25) is 0 Å². The number of likely N-dealkylation sites (tertiary alicyclic amines) is 1. The number of rotatable bonds is 2. The van der Waals surface area contributed by atoms with Crippen LogP contribution >= 0.6 is 0 Å². The smallest absolute Gasteiger partial charge is 0.326 e. The molecule has 86 valence electrons. The van der Waals surface area contributed by atoms with Crippen LogP contribution in [0, 0.1) is 6.92 Å². The van der Waals surface area contributed by atoms with Gasteiger partial charge < -0.3 is 14.5 Å². The van der Waals surface area contributed by atoms with E-state index in [1.165, 1.54) is 4.90 Å². The summed E-state index contributed by atoms with van der Waals surface area (Å²) in [5.74, 6) is -1.27. The molecule has 2 heterocycles. The molecule has 1 aliphatic heterocycles. The van der Waals surface area contributed by atoms with E-state index in [1.807, 2.05) is 0 Å². The lowest BCUT2D eigenvalue weighted by molar-refractivity contribution is -0.141. The largest absolute Gasteiger partial charge is 0.480 e. The number of amides is 1. The van der Waals surface area contributed by atoms with Crippen LogP contribution in [0.3, 0.4) is 0 Å². The minimum Gasteiger partial charge on any atom is -0.480 e. The Balaban J connectivity index is 2.18. The van der Waals surface area contributed by atoms with E-state index in [4.69, 9.17) is 5.11 Å². The highest BCUT2D eigenvalue weighted by atomic mass is 16.5. The number of carboxylic acid groups (broad SMARTS) is 1. The minimum atomic E-state index is -0.994. The number of carboxylic acids is 1. The molecule has 0 unspecified atom stereocenters. The fourth-order valence-electron chi connectivity index (χ4n) is 1.78. The first kappa shape index (κ1) is 10.6. The Hall–Kier alpha value is -1.92. The molecule has 0 aliphatic carbocycles. The van der Waals surface area contributed by atoms with E-state index >= 15 is 0 Å². The number of nitrogens with zero attached hydrogens (tertiary/aromatic N) is 3. The van der Waals surface area contributed by atoms with E-state index in [-0.39, 0.29) is 11.7 Å². The number of aromatic nitrogens is 2. The van der Waals surface area contributed by atoms with Crippen LogP contribution in [-0.4, -0.2) is 44.6 Å². The van der Waals surface area contributed by atoms with Gasteiger partial charge in [-0.3, -0.25) is 4.79 Å². The van der Waals surface area contributed by atoms with Crippen molar-refractivity contribution in [2.24, 2.45) is 0 Å². The van der Waals surface area contributed by atoms with Crippen molar-refractivity contribution >= 4 is 11.9 Å². The normalized spacial score (nSPS) is 20.1. The quantitative estimate of drug-likeness (QED) is 0.764. The third kappa shape index (κ3) is 1.75. The van der Waals surface area contributed by atoms with Gasteiger partial charge in [-0.15, -0.1) is 0 Å². The van der Waals surface area contributed by atoms with Gasteiger partial charge in [0.15, 0.2) is 0 Å². The first-order valence-electron chi connectivity index (χ1n) is 4.93. The zero-order valence-corrected chi connectivity index (χ0v) is 8.71. The molecule has 1 atom stereocenters. The number of hydrogen-bond donors (Lipinski definition) is 1. The Bertz CT molecular complexity index is 428. The van der Waals surface area contributed by atoms with Gasteiger partial charge in [-0.1, -0.05) is 5.16 Å². The molecule has 1 aromatic heterocycles. The second kappa shape index (κ2) is 3.92. The summed E-state index contributed by atoms with van der Waals surface area (Å²) in [7, 11) is 0. The van der Waals surface area contributed by atoms with E-state index in [0.29, 0.717) is 19.4 Å². The first-order valence-corrected chi connectivity index (χ1v) is 4.93. The van der Waals surface area contributed by atoms with Crippen molar-refractivity contribution in [3.8, 4) is 0 Å². The van der Waals surface area contributed by atoms with Crippen LogP contribution in [0.5, 0.6) is 0 Å². The standard InChI is InChI=1S/C9H11N3O4/c1-5-10-7(11-16-5)8(13)12-4-2-3-6(12)9(14)15/h6H,2-4H2,1H3,(H,14,15)/t6-/m1/s1. The van der Waals surface area contributed by atoms with Crippen molar-refractivity contribution < 1.29 is 19.2 Å². The van der Waals surface area contributed by atoms with Crippen LogP contribution in [0.15, 0.2) is 4.52 Å². The summed E-state index contributed by atoms with van der Waals surface area (Å²) < 4.78 is 4.68. The monoisotopic (exact) mass is 225 g/mol. The van der Waals surface area contributed by atoms with Crippen LogP contribution in [-0.2, 0) is 4.79 Å². The van der Waals surface area contributed by atoms with Gasteiger partial charge in [-0.05, 0) is 12.8 Å². The number of carbonyl (C=O) groups is 2. The fraction of sp³-hybridized carbons (Fsp3) is 0.556. The Morgan fingerprint density at radius 1 is 1.56 bits per heavy atom. The second-order valence-electron chi connectivity index (χ2n) is 3.63. The van der Waals surface area contributed by atoms with Gasteiger partial charge in [0.05, 0.1) is 0 Å². The van der Waals surface area contributed by atoms with Gasteiger partial charge in [0.1, 0.15) is 6.04 Å². The summed E-state index contributed by atoms with van der Waals surface area (Å²) in [5, 5.41) is 12.4.